The quantitative estimate of drug-likeness (QED) is 0.794. The van der Waals surface area contributed by atoms with Crippen LogP contribution in [0, 0.1) is 5.82 Å². The molecule has 132 valence electrons. The Morgan fingerprint density at radius 3 is 2.56 bits per heavy atom. The molecule has 2 aromatic rings. The molecule has 3 rings (SSSR count). The molecule has 0 aliphatic heterocycles. The Kier molecular flexibility index (Phi) is 5.62. The number of carbonyl (C=O) groups excluding carboxylic acids is 1. The highest BCUT2D eigenvalue weighted by Crippen LogP contribution is 2.30. The van der Waals surface area contributed by atoms with E-state index in [9.17, 15) is 9.18 Å². The largest absolute Gasteiger partial charge is 0.352 e. The number of hydrogen-bond acceptors (Lipinski definition) is 2. The first-order valence-corrected chi connectivity index (χ1v) is 8.90. The molecule has 0 aromatic heterocycles. The summed E-state index contributed by atoms with van der Waals surface area (Å²) in [5.74, 6) is -0.416. The number of likely N-dealkylation sites (N-methyl/N-ethyl adjacent to an activating group) is 1. The van der Waals surface area contributed by atoms with E-state index in [-0.39, 0.29) is 17.8 Å². The van der Waals surface area contributed by atoms with Crippen molar-refractivity contribution in [2.24, 2.45) is 0 Å². The van der Waals surface area contributed by atoms with Gasteiger partial charge in [-0.2, -0.15) is 0 Å². The standard InChI is InChI=1S/C19H19Cl2FN2O/c1-24(11-13-3-2-4-16(20)17(13)21)18(19(25)23-15-9-10-15)12-5-7-14(22)8-6-12/h2-8,15,18H,9-11H2,1H3,(H,23,25)/t18-/m1/s1. The van der Waals surface area contributed by atoms with E-state index in [1.165, 1.54) is 12.1 Å². The summed E-state index contributed by atoms with van der Waals surface area (Å²) >= 11 is 12.4. The van der Waals surface area contributed by atoms with Crippen molar-refractivity contribution in [2.45, 2.75) is 31.5 Å². The third kappa shape index (κ3) is 4.51. The molecule has 0 saturated heterocycles. The summed E-state index contributed by atoms with van der Waals surface area (Å²) in [4.78, 5) is 14.6. The Hall–Kier alpha value is -1.62. The number of carbonyl (C=O) groups is 1. The molecule has 0 spiro atoms. The van der Waals surface area contributed by atoms with E-state index in [4.69, 9.17) is 23.2 Å². The lowest BCUT2D eigenvalue weighted by molar-refractivity contribution is -0.126. The van der Waals surface area contributed by atoms with Gasteiger partial charge in [0.05, 0.1) is 10.0 Å². The molecule has 1 N–H and O–H groups in total. The Bertz CT molecular complexity index is 763. The van der Waals surface area contributed by atoms with Crippen LogP contribution in [0.4, 0.5) is 4.39 Å². The maximum atomic E-state index is 13.3. The molecule has 1 fully saturated rings. The summed E-state index contributed by atoms with van der Waals surface area (Å²) < 4.78 is 13.3. The molecule has 2 aromatic carbocycles. The van der Waals surface area contributed by atoms with Crippen molar-refractivity contribution >= 4 is 29.1 Å². The van der Waals surface area contributed by atoms with Gasteiger partial charge in [-0.15, -0.1) is 0 Å². The minimum atomic E-state index is -0.531. The van der Waals surface area contributed by atoms with Crippen molar-refractivity contribution in [3.05, 3.63) is 69.5 Å². The van der Waals surface area contributed by atoms with E-state index in [0.717, 1.165) is 24.0 Å². The van der Waals surface area contributed by atoms with Crippen LogP contribution in [0.15, 0.2) is 42.5 Å². The maximum absolute atomic E-state index is 13.3. The summed E-state index contributed by atoms with van der Waals surface area (Å²) in [7, 11) is 1.84. The van der Waals surface area contributed by atoms with E-state index in [1.807, 2.05) is 24.1 Å². The van der Waals surface area contributed by atoms with Gasteiger partial charge >= 0.3 is 0 Å². The van der Waals surface area contributed by atoms with Gasteiger partial charge in [-0.05, 0) is 49.2 Å². The van der Waals surface area contributed by atoms with Crippen LogP contribution in [-0.4, -0.2) is 23.9 Å². The molecule has 1 aliphatic rings. The highest BCUT2D eigenvalue weighted by atomic mass is 35.5. The topological polar surface area (TPSA) is 32.3 Å². The summed E-state index contributed by atoms with van der Waals surface area (Å²) in [5, 5.41) is 3.99. The van der Waals surface area contributed by atoms with Crippen LogP contribution in [0.3, 0.4) is 0 Å². The molecule has 1 aliphatic carbocycles. The van der Waals surface area contributed by atoms with Crippen molar-refractivity contribution in [3.8, 4) is 0 Å². The second kappa shape index (κ2) is 7.73. The van der Waals surface area contributed by atoms with Crippen LogP contribution in [0.2, 0.25) is 10.0 Å². The summed E-state index contributed by atoms with van der Waals surface area (Å²) in [5.41, 5.74) is 1.57. The molecule has 6 heteroatoms. The molecule has 1 amide bonds. The van der Waals surface area contributed by atoms with Crippen molar-refractivity contribution in [1.82, 2.24) is 10.2 Å². The number of benzene rings is 2. The molecular formula is C19H19Cl2FN2O. The molecule has 0 heterocycles. The van der Waals surface area contributed by atoms with Crippen molar-refractivity contribution in [3.63, 3.8) is 0 Å². The number of nitrogens with zero attached hydrogens (tertiary/aromatic N) is 1. The SMILES string of the molecule is CN(Cc1cccc(Cl)c1Cl)[C@@H](C(=O)NC1CC1)c1ccc(F)cc1. The predicted molar refractivity (Wildman–Crippen MR) is 98.2 cm³/mol. The molecule has 0 unspecified atom stereocenters. The Morgan fingerprint density at radius 1 is 1.24 bits per heavy atom. The van der Waals surface area contributed by atoms with Gasteiger partial charge in [0.15, 0.2) is 0 Å². The number of hydrogen-bond donors (Lipinski definition) is 1. The molecule has 0 radical (unpaired) electrons. The zero-order valence-corrected chi connectivity index (χ0v) is 15.3. The third-order valence-electron chi connectivity index (χ3n) is 4.25. The summed E-state index contributed by atoms with van der Waals surface area (Å²) in [6, 6.07) is 11.2. The van der Waals surface area contributed by atoms with Crippen molar-refractivity contribution in [2.75, 3.05) is 7.05 Å². The number of nitrogens with one attached hydrogen (secondary N) is 1. The Morgan fingerprint density at radius 2 is 1.92 bits per heavy atom. The lowest BCUT2D eigenvalue weighted by atomic mass is 10.0. The molecule has 3 nitrogen and oxygen atoms in total. The first kappa shape index (κ1) is 18.2. The molecule has 0 bridgehead atoms. The lowest BCUT2D eigenvalue weighted by Gasteiger charge is -2.28. The number of amides is 1. The fourth-order valence-corrected chi connectivity index (χ4v) is 3.17. The average Bonchev–Trinajstić information content (AvgIpc) is 3.38. The van der Waals surface area contributed by atoms with E-state index in [0.29, 0.717) is 16.6 Å². The minimum absolute atomic E-state index is 0.0882. The second-order valence-electron chi connectivity index (χ2n) is 6.37. The van der Waals surface area contributed by atoms with E-state index in [2.05, 4.69) is 5.32 Å². The fourth-order valence-electron chi connectivity index (χ4n) is 2.79. The summed E-state index contributed by atoms with van der Waals surface area (Å²) in [6.45, 7) is 0.444. The number of halogens is 3. The van der Waals surface area contributed by atoms with Gasteiger partial charge in [0, 0.05) is 12.6 Å². The predicted octanol–water partition coefficient (Wildman–Crippen LogP) is 4.58. The average molecular weight is 381 g/mol. The van der Waals surface area contributed by atoms with Gasteiger partial charge in [0.25, 0.3) is 0 Å². The lowest BCUT2D eigenvalue weighted by Crippen LogP contribution is -2.39. The third-order valence-corrected chi connectivity index (χ3v) is 5.11. The maximum Gasteiger partial charge on any atom is 0.242 e. The van der Waals surface area contributed by atoms with Crippen molar-refractivity contribution < 1.29 is 9.18 Å². The van der Waals surface area contributed by atoms with Crippen LogP contribution >= 0.6 is 23.2 Å². The number of rotatable bonds is 6. The minimum Gasteiger partial charge on any atom is -0.352 e. The van der Waals surface area contributed by atoms with Crippen LogP contribution in [0.5, 0.6) is 0 Å². The first-order valence-electron chi connectivity index (χ1n) is 8.14. The Balaban J connectivity index is 1.85. The highest BCUT2D eigenvalue weighted by molar-refractivity contribution is 6.42. The molecule has 25 heavy (non-hydrogen) atoms. The van der Waals surface area contributed by atoms with Crippen LogP contribution in [0.25, 0.3) is 0 Å². The van der Waals surface area contributed by atoms with Gasteiger partial charge in [0.1, 0.15) is 11.9 Å². The zero-order valence-electron chi connectivity index (χ0n) is 13.8. The van der Waals surface area contributed by atoms with E-state index < -0.39 is 6.04 Å². The van der Waals surface area contributed by atoms with Crippen LogP contribution < -0.4 is 5.32 Å². The fraction of sp³-hybridized carbons (Fsp3) is 0.316. The second-order valence-corrected chi connectivity index (χ2v) is 7.15. The van der Waals surface area contributed by atoms with Gasteiger partial charge < -0.3 is 5.32 Å². The first-order chi connectivity index (χ1) is 12.0. The highest BCUT2D eigenvalue weighted by Gasteiger charge is 2.31. The van der Waals surface area contributed by atoms with Gasteiger partial charge in [-0.3, -0.25) is 9.69 Å². The van der Waals surface area contributed by atoms with Crippen LogP contribution in [0.1, 0.15) is 30.0 Å². The molecule has 1 atom stereocenters. The monoisotopic (exact) mass is 380 g/mol. The van der Waals surface area contributed by atoms with E-state index >= 15 is 0 Å². The molecule has 1 saturated carbocycles. The summed E-state index contributed by atoms with van der Waals surface area (Å²) in [6.07, 6.45) is 2.01. The van der Waals surface area contributed by atoms with Gasteiger partial charge in [-0.25, -0.2) is 4.39 Å². The van der Waals surface area contributed by atoms with E-state index in [1.54, 1.807) is 18.2 Å². The Labute approximate surface area is 156 Å². The van der Waals surface area contributed by atoms with Gasteiger partial charge in [0.2, 0.25) is 5.91 Å². The van der Waals surface area contributed by atoms with Crippen molar-refractivity contribution in [1.29, 1.82) is 0 Å². The zero-order chi connectivity index (χ0) is 18.0. The normalized spacial score (nSPS) is 15.2. The smallest absolute Gasteiger partial charge is 0.242 e. The van der Waals surface area contributed by atoms with Crippen LogP contribution in [-0.2, 0) is 11.3 Å². The van der Waals surface area contributed by atoms with Gasteiger partial charge in [-0.1, -0.05) is 47.5 Å². The molecular weight excluding hydrogens is 362 g/mol.